The number of rotatable bonds is 1. The molecule has 2 rings (SSSR count). The van der Waals surface area contributed by atoms with Crippen LogP contribution < -0.4 is 10.4 Å². The van der Waals surface area contributed by atoms with Crippen LogP contribution in [0.5, 0.6) is 5.75 Å². The Balaban J connectivity index is 2.97. The second-order valence-electron chi connectivity index (χ2n) is 2.73. The number of nitrogens with zero attached hydrogens (tertiary/aromatic N) is 1. The molecule has 13 heavy (non-hydrogen) atoms. The van der Waals surface area contributed by atoms with Gasteiger partial charge in [-0.1, -0.05) is 6.07 Å². The van der Waals surface area contributed by atoms with Gasteiger partial charge in [0, 0.05) is 7.05 Å². The van der Waals surface area contributed by atoms with E-state index in [1.54, 1.807) is 32.4 Å². The van der Waals surface area contributed by atoms with Gasteiger partial charge in [0.2, 0.25) is 0 Å². The molecule has 0 unspecified atom stereocenters. The minimum Gasteiger partial charge on any atom is -0.494 e. The van der Waals surface area contributed by atoms with Crippen molar-refractivity contribution in [1.29, 1.82) is 0 Å². The predicted octanol–water partition coefficient (Wildman–Crippen LogP) is 1.14. The number of para-hydroxylation sites is 1. The van der Waals surface area contributed by atoms with Crippen molar-refractivity contribution in [2.45, 2.75) is 0 Å². The Morgan fingerprint density at radius 1 is 1.46 bits per heavy atom. The van der Waals surface area contributed by atoms with Crippen LogP contribution in [0.2, 0.25) is 0 Å². The summed E-state index contributed by atoms with van der Waals surface area (Å²) in [6, 6.07) is 5.26. The average Bonchev–Trinajstić information content (AvgIpc) is 2.43. The van der Waals surface area contributed by atoms with Crippen LogP contribution in [0.1, 0.15) is 0 Å². The first-order valence-corrected chi connectivity index (χ1v) is 3.87. The van der Waals surface area contributed by atoms with Gasteiger partial charge in [-0.05, 0) is 12.1 Å². The lowest BCUT2D eigenvalue weighted by atomic mass is 10.2. The largest absolute Gasteiger partial charge is 0.494 e. The number of ether oxygens (including phenoxy) is 1. The number of aromatic nitrogens is 1. The molecule has 4 heteroatoms. The fourth-order valence-electron chi connectivity index (χ4n) is 1.40. The van der Waals surface area contributed by atoms with E-state index >= 15 is 0 Å². The van der Waals surface area contributed by atoms with E-state index in [1.165, 1.54) is 4.74 Å². The van der Waals surface area contributed by atoms with Crippen LogP contribution in [0.4, 0.5) is 0 Å². The van der Waals surface area contributed by atoms with Crippen molar-refractivity contribution in [3.63, 3.8) is 0 Å². The lowest BCUT2D eigenvalue weighted by Crippen LogP contribution is -1.91. The second kappa shape index (κ2) is 2.65. The first-order valence-electron chi connectivity index (χ1n) is 3.87. The van der Waals surface area contributed by atoms with Gasteiger partial charge in [-0.3, -0.25) is 0 Å². The molecule has 68 valence electrons. The van der Waals surface area contributed by atoms with E-state index in [0.29, 0.717) is 16.7 Å². The summed E-state index contributed by atoms with van der Waals surface area (Å²) >= 11 is 0. The van der Waals surface area contributed by atoms with Gasteiger partial charge in [0.1, 0.15) is 11.3 Å². The molecule has 0 radical (unpaired) electrons. The van der Waals surface area contributed by atoms with E-state index in [2.05, 4.69) is 0 Å². The van der Waals surface area contributed by atoms with Crippen molar-refractivity contribution in [3.05, 3.63) is 28.6 Å². The van der Waals surface area contributed by atoms with Crippen LogP contribution >= 0.6 is 0 Å². The maximum absolute atomic E-state index is 11.2. The molecule has 0 aliphatic carbocycles. The fourth-order valence-corrected chi connectivity index (χ4v) is 1.40. The zero-order valence-corrected chi connectivity index (χ0v) is 7.40. The van der Waals surface area contributed by atoms with Gasteiger partial charge in [0.05, 0.1) is 12.5 Å². The highest BCUT2D eigenvalue weighted by Crippen LogP contribution is 2.22. The van der Waals surface area contributed by atoms with E-state index in [4.69, 9.17) is 9.26 Å². The molecule has 2 aromatic rings. The molecule has 0 atom stereocenters. The number of hydrogen-bond donors (Lipinski definition) is 0. The molecule has 0 saturated heterocycles. The van der Waals surface area contributed by atoms with Gasteiger partial charge >= 0.3 is 5.63 Å². The summed E-state index contributed by atoms with van der Waals surface area (Å²) in [6.07, 6.45) is 0. The Bertz CT molecular complexity index is 495. The molecular formula is C9H9NO3. The topological polar surface area (TPSA) is 44.4 Å². The van der Waals surface area contributed by atoms with Gasteiger partial charge in [-0.25, -0.2) is 9.53 Å². The maximum atomic E-state index is 11.2. The summed E-state index contributed by atoms with van der Waals surface area (Å²) < 4.78 is 11.4. The number of benzene rings is 1. The molecule has 0 aliphatic rings. The quantitative estimate of drug-likeness (QED) is 0.659. The molecule has 4 nitrogen and oxygen atoms in total. The Morgan fingerprint density at radius 2 is 2.23 bits per heavy atom. The number of methoxy groups -OCH3 is 1. The average molecular weight is 179 g/mol. The van der Waals surface area contributed by atoms with E-state index in [0.717, 1.165) is 0 Å². The predicted molar refractivity (Wildman–Crippen MR) is 48.0 cm³/mol. The van der Waals surface area contributed by atoms with Crippen LogP contribution in [0.3, 0.4) is 0 Å². The van der Waals surface area contributed by atoms with Gasteiger partial charge in [-0.2, -0.15) is 0 Å². The third-order valence-corrected chi connectivity index (χ3v) is 1.97. The third kappa shape index (κ3) is 1.02. The van der Waals surface area contributed by atoms with Crippen LogP contribution in [0.15, 0.2) is 27.5 Å². The standard InChI is InChI=1S/C9H9NO3/c1-10-8-6(9(11)13-10)4-3-5-7(8)12-2/h3-5H,1-2H3. The molecule has 0 spiro atoms. The van der Waals surface area contributed by atoms with Crippen LogP contribution in [-0.2, 0) is 7.05 Å². The Morgan fingerprint density at radius 3 is 2.92 bits per heavy atom. The molecule has 0 amide bonds. The van der Waals surface area contributed by atoms with Crippen molar-refractivity contribution < 1.29 is 9.26 Å². The third-order valence-electron chi connectivity index (χ3n) is 1.97. The molecule has 0 saturated carbocycles. The smallest absolute Gasteiger partial charge is 0.365 e. The molecule has 1 aromatic heterocycles. The zero-order chi connectivity index (χ0) is 9.42. The summed E-state index contributed by atoms with van der Waals surface area (Å²) in [5, 5.41) is 0.543. The van der Waals surface area contributed by atoms with E-state index in [9.17, 15) is 4.79 Å². The number of aryl methyl sites for hydroxylation is 1. The van der Waals surface area contributed by atoms with Crippen molar-refractivity contribution in [2.24, 2.45) is 7.05 Å². The van der Waals surface area contributed by atoms with E-state index < -0.39 is 0 Å². The number of hydrogen-bond acceptors (Lipinski definition) is 3. The van der Waals surface area contributed by atoms with Crippen LogP contribution in [0.25, 0.3) is 10.9 Å². The van der Waals surface area contributed by atoms with Gasteiger partial charge in [0.25, 0.3) is 0 Å². The van der Waals surface area contributed by atoms with Crippen molar-refractivity contribution in [1.82, 2.24) is 4.74 Å². The van der Waals surface area contributed by atoms with Gasteiger partial charge in [-0.15, -0.1) is 0 Å². The minimum absolute atomic E-state index is 0.337. The Kier molecular flexibility index (Phi) is 1.62. The molecule has 0 aliphatic heterocycles. The highest BCUT2D eigenvalue weighted by atomic mass is 16.5. The van der Waals surface area contributed by atoms with E-state index in [1.807, 2.05) is 0 Å². The second-order valence-corrected chi connectivity index (χ2v) is 2.73. The van der Waals surface area contributed by atoms with Crippen molar-refractivity contribution in [2.75, 3.05) is 7.11 Å². The molecule has 0 fully saturated rings. The van der Waals surface area contributed by atoms with Crippen LogP contribution in [0, 0.1) is 0 Å². The molecule has 1 aromatic carbocycles. The van der Waals surface area contributed by atoms with Gasteiger partial charge < -0.3 is 9.26 Å². The zero-order valence-electron chi connectivity index (χ0n) is 7.40. The fraction of sp³-hybridized carbons (Fsp3) is 0.222. The lowest BCUT2D eigenvalue weighted by molar-refractivity contribution is 0.293. The first-order chi connectivity index (χ1) is 6.24. The highest BCUT2D eigenvalue weighted by Gasteiger charge is 2.10. The SMILES string of the molecule is COc1cccc2c(=O)on(C)c12. The Labute approximate surface area is 74.3 Å². The molecule has 0 N–H and O–H groups in total. The molecule has 0 bridgehead atoms. The normalized spacial score (nSPS) is 10.6. The minimum atomic E-state index is -0.337. The summed E-state index contributed by atoms with van der Waals surface area (Å²) in [5.41, 5.74) is 0.353. The molecular weight excluding hydrogens is 170 g/mol. The van der Waals surface area contributed by atoms with Gasteiger partial charge in [0.15, 0.2) is 0 Å². The Hall–Kier alpha value is -1.71. The summed E-state index contributed by atoms with van der Waals surface area (Å²) in [5.74, 6) is 0.644. The van der Waals surface area contributed by atoms with Crippen LogP contribution in [-0.4, -0.2) is 11.8 Å². The summed E-state index contributed by atoms with van der Waals surface area (Å²) in [4.78, 5) is 11.2. The van der Waals surface area contributed by atoms with Crippen molar-refractivity contribution in [3.8, 4) is 5.75 Å². The highest BCUT2D eigenvalue weighted by molar-refractivity contribution is 5.83. The maximum Gasteiger partial charge on any atom is 0.365 e. The first kappa shape index (κ1) is 7.91. The summed E-state index contributed by atoms with van der Waals surface area (Å²) in [7, 11) is 3.23. The summed E-state index contributed by atoms with van der Waals surface area (Å²) in [6.45, 7) is 0. The lowest BCUT2D eigenvalue weighted by Gasteiger charge is -2.00. The number of fused-ring (bicyclic) bond motifs is 1. The van der Waals surface area contributed by atoms with E-state index in [-0.39, 0.29) is 5.63 Å². The molecule has 1 heterocycles. The monoisotopic (exact) mass is 179 g/mol. The van der Waals surface area contributed by atoms with Crippen molar-refractivity contribution >= 4 is 10.9 Å².